The summed E-state index contributed by atoms with van der Waals surface area (Å²) in [6, 6.07) is 6.10. The van der Waals surface area contributed by atoms with Crippen LogP contribution < -0.4 is 4.74 Å². The number of alkyl halides is 8. The molecule has 2 aromatic heterocycles. The summed E-state index contributed by atoms with van der Waals surface area (Å²) in [5.41, 5.74) is -9.80. The number of amides is 1. The molecule has 236 valence electrons. The van der Waals surface area contributed by atoms with E-state index in [4.69, 9.17) is 21.1 Å². The molecular weight excluding hydrogens is 632 g/mol. The summed E-state index contributed by atoms with van der Waals surface area (Å²) in [6.07, 6.45) is -13.9. The van der Waals surface area contributed by atoms with Crippen LogP contribution in [0.2, 0.25) is 5.02 Å². The van der Waals surface area contributed by atoms with E-state index in [0.29, 0.717) is 28.8 Å². The van der Waals surface area contributed by atoms with Crippen molar-refractivity contribution in [3.05, 3.63) is 46.4 Å². The van der Waals surface area contributed by atoms with Crippen LogP contribution in [-0.4, -0.2) is 68.0 Å². The van der Waals surface area contributed by atoms with Crippen LogP contribution >= 0.6 is 11.6 Å². The molecule has 44 heavy (non-hydrogen) atoms. The van der Waals surface area contributed by atoms with E-state index in [-0.39, 0.29) is 34.9 Å². The van der Waals surface area contributed by atoms with Crippen molar-refractivity contribution in [1.82, 2.24) is 24.5 Å². The van der Waals surface area contributed by atoms with Crippen molar-refractivity contribution >= 4 is 17.5 Å². The SMILES string of the molecule is CCOCCN(C(=O)c1cc(-c2cnn3c2C(F)Oc2c(C(F)(C(F)(F)F)C(F)(F)F)nn(C)c2-3)ccc1Cl)C1(C#N)CC1. The van der Waals surface area contributed by atoms with E-state index in [1.807, 2.05) is 0 Å². The summed E-state index contributed by atoms with van der Waals surface area (Å²) in [5, 5.41) is 16.7. The third-order valence-electron chi connectivity index (χ3n) is 7.39. The number of nitriles is 1. The molecule has 0 radical (unpaired) electrons. The van der Waals surface area contributed by atoms with Gasteiger partial charge in [-0.2, -0.15) is 46.2 Å². The molecule has 9 nitrogen and oxygen atoms in total. The monoisotopic (exact) mass is 652 g/mol. The zero-order chi connectivity index (χ0) is 32.4. The maximum absolute atomic E-state index is 15.5. The van der Waals surface area contributed by atoms with Gasteiger partial charge < -0.3 is 14.4 Å². The maximum atomic E-state index is 15.5. The number of aromatic nitrogens is 4. The van der Waals surface area contributed by atoms with Crippen molar-refractivity contribution in [2.75, 3.05) is 19.8 Å². The van der Waals surface area contributed by atoms with Gasteiger partial charge in [0.15, 0.2) is 17.3 Å². The van der Waals surface area contributed by atoms with Crippen molar-refractivity contribution < 1.29 is 49.4 Å². The highest BCUT2D eigenvalue weighted by Crippen LogP contribution is 2.57. The number of hydrogen-bond donors (Lipinski definition) is 0. The van der Waals surface area contributed by atoms with E-state index in [2.05, 4.69) is 16.3 Å². The first kappa shape index (κ1) is 31.5. The van der Waals surface area contributed by atoms with Crippen molar-refractivity contribution in [2.24, 2.45) is 7.05 Å². The number of halogens is 9. The van der Waals surface area contributed by atoms with Gasteiger partial charge in [0.05, 0.1) is 29.5 Å². The molecule has 1 unspecified atom stereocenters. The molecule has 1 amide bonds. The number of carbonyl (C=O) groups excluding carboxylic acids is 1. The smallest absolute Gasteiger partial charge is 0.437 e. The topological polar surface area (TPSA) is 98.2 Å². The van der Waals surface area contributed by atoms with Gasteiger partial charge in [-0.15, -0.1) is 0 Å². The Morgan fingerprint density at radius 2 is 1.89 bits per heavy atom. The van der Waals surface area contributed by atoms with E-state index >= 15 is 4.39 Å². The van der Waals surface area contributed by atoms with Crippen LogP contribution in [0.15, 0.2) is 24.4 Å². The predicted molar refractivity (Wildman–Crippen MR) is 135 cm³/mol. The van der Waals surface area contributed by atoms with Gasteiger partial charge in [0.2, 0.25) is 0 Å². The normalized spacial score (nSPS) is 17.4. The van der Waals surface area contributed by atoms with Gasteiger partial charge in [0, 0.05) is 25.8 Å². The average molecular weight is 653 g/mol. The molecule has 5 rings (SSSR count). The second-order valence-corrected chi connectivity index (χ2v) is 10.5. The Bertz CT molecular complexity index is 1640. The highest BCUT2D eigenvalue weighted by Gasteiger charge is 2.76. The second-order valence-electron chi connectivity index (χ2n) is 10.1. The number of nitrogens with zero attached hydrogens (tertiary/aromatic N) is 6. The lowest BCUT2D eigenvalue weighted by atomic mass is 9.99. The number of ether oxygens (including phenoxy) is 2. The zero-order valence-electron chi connectivity index (χ0n) is 22.7. The van der Waals surface area contributed by atoms with E-state index in [1.54, 1.807) is 6.92 Å². The molecule has 0 N–H and O–H groups in total. The zero-order valence-corrected chi connectivity index (χ0v) is 23.5. The standard InChI is InChI=1S/C26H21ClF8N6O3/c1-3-43-9-8-40(23(12-36)6-7-23)22(42)14-10-13(4-5-16(14)27)15-11-37-41-17(15)20(28)44-18-19(38-39(2)21(18)41)24(29,25(30,31)32)26(33,34)35/h4-5,10-11,20H,3,6-9H2,1-2H3. The van der Waals surface area contributed by atoms with Gasteiger partial charge in [0.1, 0.15) is 11.2 Å². The quantitative estimate of drug-likeness (QED) is 0.215. The van der Waals surface area contributed by atoms with Crippen molar-refractivity contribution in [2.45, 2.75) is 49.7 Å². The van der Waals surface area contributed by atoms with E-state index in [0.717, 1.165) is 13.2 Å². The Morgan fingerprint density at radius 3 is 2.45 bits per heavy atom. The second kappa shape index (κ2) is 10.6. The molecule has 1 fully saturated rings. The Balaban J connectivity index is 1.59. The average Bonchev–Trinajstić information content (AvgIpc) is 3.49. The van der Waals surface area contributed by atoms with Crippen molar-refractivity contribution in [1.29, 1.82) is 5.26 Å². The van der Waals surface area contributed by atoms with Gasteiger partial charge in [-0.3, -0.25) is 4.79 Å². The van der Waals surface area contributed by atoms with Gasteiger partial charge in [0.25, 0.3) is 12.3 Å². The van der Waals surface area contributed by atoms with Gasteiger partial charge in [-0.05, 0) is 37.5 Å². The molecule has 3 aromatic rings. The third kappa shape index (κ3) is 4.74. The first-order valence-corrected chi connectivity index (χ1v) is 13.3. The number of rotatable bonds is 8. The highest BCUT2D eigenvalue weighted by atomic mass is 35.5. The number of aryl methyl sites for hydroxylation is 1. The Kier molecular flexibility index (Phi) is 7.60. The molecule has 0 bridgehead atoms. The van der Waals surface area contributed by atoms with Crippen LogP contribution in [0.4, 0.5) is 35.1 Å². The summed E-state index contributed by atoms with van der Waals surface area (Å²) in [7, 11) is 0.904. The number of benzene rings is 1. The molecule has 1 aliphatic heterocycles. The van der Waals surface area contributed by atoms with E-state index in [1.165, 1.54) is 23.1 Å². The van der Waals surface area contributed by atoms with Gasteiger partial charge in [-0.1, -0.05) is 17.7 Å². The van der Waals surface area contributed by atoms with Crippen LogP contribution in [-0.2, 0) is 17.5 Å². The minimum absolute atomic E-state index is 0.0138. The fourth-order valence-electron chi connectivity index (χ4n) is 4.99. The third-order valence-corrected chi connectivity index (χ3v) is 7.72. The van der Waals surface area contributed by atoms with E-state index < -0.39 is 58.8 Å². The molecule has 0 spiro atoms. The Morgan fingerprint density at radius 1 is 1.23 bits per heavy atom. The largest absolute Gasteiger partial charge is 0.448 e. The number of hydrogen-bond acceptors (Lipinski definition) is 6. The fourth-order valence-corrected chi connectivity index (χ4v) is 5.19. The highest BCUT2D eigenvalue weighted by molar-refractivity contribution is 6.34. The first-order valence-electron chi connectivity index (χ1n) is 12.9. The molecule has 2 aliphatic rings. The summed E-state index contributed by atoms with van der Waals surface area (Å²) in [6.45, 7) is 2.34. The van der Waals surface area contributed by atoms with Gasteiger partial charge >= 0.3 is 18.0 Å². The molecule has 0 saturated heterocycles. The van der Waals surface area contributed by atoms with Crippen molar-refractivity contribution in [3.63, 3.8) is 0 Å². The van der Waals surface area contributed by atoms with Crippen molar-refractivity contribution in [3.8, 4) is 28.8 Å². The van der Waals surface area contributed by atoms with Crippen LogP contribution in [0.1, 0.15) is 47.9 Å². The van der Waals surface area contributed by atoms with Crippen LogP contribution in [0.25, 0.3) is 16.9 Å². The summed E-state index contributed by atoms with van der Waals surface area (Å²) in [4.78, 5) is 15.0. The van der Waals surface area contributed by atoms with Gasteiger partial charge in [-0.25, -0.2) is 13.8 Å². The van der Waals surface area contributed by atoms with E-state index in [9.17, 15) is 40.8 Å². The molecular formula is C26H21ClF8N6O3. The molecule has 1 aromatic carbocycles. The number of fused-ring (bicyclic) bond motifs is 3. The van der Waals surface area contributed by atoms with Crippen LogP contribution in [0.5, 0.6) is 5.75 Å². The summed E-state index contributed by atoms with van der Waals surface area (Å²) in [5.74, 6) is -2.77. The first-order chi connectivity index (χ1) is 20.5. The molecule has 3 heterocycles. The minimum atomic E-state index is -6.52. The molecule has 18 heteroatoms. The summed E-state index contributed by atoms with van der Waals surface area (Å²) >= 11 is 6.34. The number of carbonyl (C=O) groups is 1. The lowest BCUT2D eigenvalue weighted by molar-refractivity contribution is -0.350. The molecule has 1 atom stereocenters. The molecule has 1 saturated carbocycles. The maximum Gasteiger partial charge on any atom is 0.437 e. The predicted octanol–water partition coefficient (Wildman–Crippen LogP) is 6.11. The minimum Gasteiger partial charge on any atom is -0.448 e. The van der Waals surface area contributed by atoms with Crippen LogP contribution in [0, 0.1) is 11.3 Å². The summed E-state index contributed by atoms with van der Waals surface area (Å²) < 4.78 is 123. The fraction of sp³-hybridized carbons (Fsp3) is 0.462. The molecule has 1 aliphatic carbocycles. The lowest BCUT2D eigenvalue weighted by Crippen LogP contribution is -2.51. The lowest BCUT2D eigenvalue weighted by Gasteiger charge is -2.30. The Hall–Kier alpha value is -3.91. The van der Waals surface area contributed by atoms with Crippen LogP contribution in [0.3, 0.4) is 0 Å². The Labute approximate surface area is 248 Å².